The molecule has 1 amide bonds. The molecule has 3 aromatic rings. The molecule has 0 spiro atoms. The van der Waals surface area contributed by atoms with Gasteiger partial charge in [0.25, 0.3) is 5.91 Å². The minimum atomic E-state index is -0.720. The summed E-state index contributed by atoms with van der Waals surface area (Å²) in [6.45, 7) is 4.12. The molecule has 8 nitrogen and oxygen atoms in total. The van der Waals surface area contributed by atoms with Gasteiger partial charge in [-0.3, -0.25) is 9.79 Å². The predicted molar refractivity (Wildman–Crippen MR) is 121 cm³/mol. The summed E-state index contributed by atoms with van der Waals surface area (Å²) in [5.74, 6) is 0.396. The number of rotatable bonds is 8. The number of hydrogen-bond donors (Lipinski definition) is 2. The Morgan fingerprint density at radius 3 is 2.74 bits per heavy atom. The second kappa shape index (κ2) is 9.77. The highest BCUT2D eigenvalue weighted by atomic mass is 32.1. The molecule has 0 saturated heterocycles. The molecular formula is C22H22N4O4S. The number of methoxy groups -OCH3 is 2. The van der Waals surface area contributed by atoms with E-state index in [0.717, 1.165) is 0 Å². The van der Waals surface area contributed by atoms with Gasteiger partial charge < -0.3 is 20.3 Å². The van der Waals surface area contributed by atoms with E-state index in [1.807, 2.05) is 5.38 Å². The molecule has 0 bridgehead atoms. The van der Waals surface area contributed by atoms with Crippen LogP contribution in [0.1, 0.15) is 15.9 Å². The third-order valence-corrected chi connectivity index (χ3v) is 5.20. The molecule has 0 aliphatic heterocycles. The number of ether oxygens (including phenoxy) is 2. The normalized spacial score (nSPS) is 11.6. The summed E-state index contributed by atoms with van der Waals surface area (Å²) in [5.41, 5.74) is 7.44. The molecule has 0 aliphatic rings. The van der Waals surface area contributed by atoms with E-state index in [-0.39, 0.29) is 11.3 Å². The number of primary amides is 1. The Balaban J connectivity index is 2.15. The van der Waals surface area contributed by atoms with E-state index in [9.17, 15) is 9.90 Å². The standard InChI is InChI=1S/C22H22N4O4S/c1-4-9-24-22-26(25-12-15-10-16(29-2)6-8-20(15)30-3)18(13-31-22)14-5-7-19(27)17(11-14)21(23)28/h4-8,10-13,27H,1,9H2,2-3H3,(H2,23,28)/b24-22?,25-12-. The lowest BCUT2D eigenvalue weighted by Gasteiger charge is -2.08. The number of nitrogens with two attached hydrogens (primary N) is 1. The smallest absolute Gasteiger partial charge is 0.252 e. The largest absolute Gasteiger partial charge is 0.507 e. The van der Waals surface area contributed by atoms with E-state index >= 15 is 0 Å². The Hall–Kier alpha value is -3.85. The van der Waals surface area contributed by atoms with Crippen molar-refractivity contribution in [3.63, 3.8) is 0 Å². The van der Waals surface area contributed by atoms with Gasteiger partial charge >= 0.3 is 0 Å². The van der Waals surface area contributed by atoms with Crippen molar-refractivity contribution >= 4 is 23.5 Å². The maximum absolute atomic E-state index is 11.7. The second-order valence-corrected chi connectivity index (χ2v) is 7.13. The van der Waals surface area contributed by atoms with Crippen LogP contribution < -0.4 is 20.0 Å². The number of hydrogen-bond acceptors (Lipinski definition) is 7. The molecule has 3 rings (SSSR count). The maximum Gasteiger partial charge on any atom is 0.252 e. The molecule has 2 aromatic carbocycles. The predicted octanol–water partition coefficient (Wildman–Crippen LogP) is 3.01. The summed E-state index contributed by atoms with van der Waals surface area (Å²) >= 11 is 1.38. The van der Waals surface area contributed by atoms with E-state index in [1.165, 1.54) is 23.5 Å². The molecule has 9 heteroatoms. The van der Waals surface area contributed by atoms with Crippen LogP contribution in [0.15, 0.2) is 64.5 Å². The topological polar surface area (TPSA) is 111 Å². The molecule has 1 heterocycles. The maximum atomic E-state index is 11.7. The third-order valence-electron chi connectivity index (χ3n) is 4.35. The fraction of sp³-hybridized carbons (Fsp3) is 0.136. The first-order valence-electron chi connectivity index (χ1n) is 9.20. The van der Waals surface area contributed by atoms with Gasteiger partial charge in [-0.05, 0) is 36.4 Å². The van der Waals surface area contributed by atoms with Crippen molar-refractivity contribution in [1.82, 2.24) is 4.68 Å². The van der Waals surface area contributed by atoms with E-state index in [4.69, 9.17) is 15.2 Å². The van der Waals surface area contributed by atoms with Gasteiger partial charge in [0, 0.05) is 16.5 Å². The zero-order chi connectivity index (χ0) is 22.4. The lowest BCUT2D eigenvalue weighted by molar-refractivity contribution is 0.0998. The second-order valence-electron chi connectivity index (χ2n) is 6.29. The van der Waals surface area contributed by atoms with Gasteiger partial charge in [0.2, 0.25) is 4.80 Å². The molecule has 31 heavy (non-hydrogen) atoms. The molecule has 160 valence electrons. The molecule has 0 radical (unpaired) electrons. The molecule has 0 aliphatic carbocycles. The molecule has 3 N–H and O–H groups in total. The highest BCUT2D eigenvalue weighted by molar-refractivity contribution is 7.07. The molecule has 1 aromatic heterocycles. The van der Waals surface area contributed by atoms with Crippen LogP contribution in [0.3, 0.4) is 0 Å². The first-order valence-corrected chi connectivity index (χ1v) is 10.1. The van der Waals surface area contributed by atoms with Crippen LogP contribution in [0.4, 0.5) is 0 Å². The van der Waals surface area contributed by atoms with Crippen molar-refractivity contribution in [3.8, 4) is 28.5 Å². The van der Waals surface area contributed by atoms with Gasteiger partial charge in [0.15, 0.2) is 0 Å². The number of aromatic nitrogens is 1. The zero-order valence-electron chi connectivity index (χ0n) is 17.1. The van der Waals surface area contributed by atoms with Crippen molar-refractivity contribution in [3.05, 3.63) is 70.4 Å². The van der Waals surface area contributed by atoms with Gasteiger partial charge in [-0.15, -0.1) is 17.9 Å². The fourth-order valence-corrected chi connectivity index (χ4v) is 3.66. The first kappa shape index (κ1) is 21.8. The molecule has 0 atom stereocenters. The van der Waals surface area contributed by atoms with E-state index in [1.54, 1.807) is 55.5 Å². The van der Waals surface area contributed by atoms with Crippen molar-refractivity contribution in [2.75, 3.05) is 20.8 Å². The summed E-state index contributed by atoms with van der Waals surface area (Å²) in [5, 5.41) is 16.4. The minimum Gasteiger partial charge on any atom is -0.507 e. The zero-order valence-corrected chi connectivity index (χ0v) is 17.9. The minimum absolute atomic E-state index is 0.0262. The average molecular weight is 439 g/mol. The SMILES string of the molecule is C=CCN=c1scc(-c2ccc(O)c(C(N)=O)c2)n1/N=C\c1cc(OC)ccc1OC. The summed E-state index contributed by atoms with van der Waals surface area (Å²) in [6.07, 6.45) is 3.32. The summed E-state index contributed by atoms with van der Waals surface area (Å²) in [7, 11) is 3.16. The van der Waals surface area contributed by atoms with Crippen LogP contribution in [0, 0.1) is 0 Å². The van der Waals surface area contributed by atoms with Gasteiger partial charge in [-0.1, -0.05) is 6.08 Å². The lowest BCUT2D eigenvalue weighted by Crippen LogP contribution is -2.14. The summed E-state index contributed by atoms with van der Waals surface area (Å²) < 4.78 is 12.3. The molecule has 0 unspecified atom stereocenters. The number of aromatic hydroxyl groups is 1. The van der Waals surface area contributed by atoms with Crippen LogP contribution in [0.25, 0.3) is 11.3 Å². The Morgan fingerprint density at radius 1 is 1.26 bits per heavy atom. The van der Waals surface area contributed by atoms with Crippen molar-refractivity contribution in [2.24, 2.45) is 15.8 Å². The molecular weight excluding hydrogens is 416 g/mol. The van der Waals surface area contributed by atoms with Gasteiger partial charge in [0.05, 0.1) is 38.2 Å². The Morgan fingerprint density at radius 2 is 2.06 bits per heavy atom. The quantitative estimate of drug-likeness (QED) is 0.416. The van der Waals surface area contributed by atoms with Gasteiger partial charge in [0.1, 0.15) is 17.2 Å². The third kappa shape index (κ3) is 4.84. The highest BCUT2D eigenvalue weighted by Gasteiger charge is 2.13. The Labute approximate surface area is 183 Å². The Kier molecular flexibility index (Phi) is 6.88. The van der Waals surface area contributed by atoms with Crippen molar-refractivity contribution in [1.29, 1.82) is 0 Å². The molecule has 0 fully saturated rings. The summed E-state index contributed by atoms with van der Waals surface area (Å²) in [6, 6.07) is 10.0. The highest BCUT2D eigenvalue weighted by Crippen LogP contribution is 2.27. The fourth-order valence-electron chi connectivity index (χ4n) is 2.81. The van der Waals surface area contributed by atoms with Crippen molar-refractivity contribution < 1.29 is 19.4 Å². The van der Waals surface area contributed by atoms with Crippen LogP contribution in [-0.4, -0.2) is 42.7 Å². The number of nitrogens with zero attached hydrogens (tertiary/aromatic N) is 3. The first-order chi connectivity index (χ1) is 15.0. The number of phenols is 1. The van der Waals surface area contributed by atoms with Crippen LogP contribution >= 0.6 is 11.3 Å². The van der Waals surface area contributed by atoms with E-state index in [2.05, 4.69) is 16.7 Å². The van der Waals surface area contributed by atoms with Gasteiger partial charge in [-0.2, -0.15) is 5.10 Å². The van der Waals surface area contributed by atoms with E-state index in [0.29, 0.717) is 39.7 Å². The van der Waals surface area contributed by atoms with Crippen LogP contribution in [0.2, 0.25) is 0 Å². The van der Waals surface area contributed by atoms with Crippen LogP contribution in [0.5, 0.6) is 17.2 Å². The average Bonchev–Trinajstić information content (AvgIpc) is 3.18. The number of carbonyl (C=O) groups excluding carboxylic acids is 1. The van der Waals surface area contributed by atoms with E-state index < -0.39 is 5.91 Å². The lowest BCUT2D eigenvalue weighted by atomic mass is 10.1. The number of thiazole rings is 1. The number of amides is 1. The van der Waals surface area contributed by atoms with Crippen molar-refractivity contribution in [2.45, 2.75) is 0 Å². The number of carbonyl (C=O) groups is 1. The van der Waals surface area contributed by atoms with Crippen LogP contribution in [-0.2, 0) is 0 Å². The molecule has 0 saturated carbocycles. The monoisotopic (exact) mass is 438 g/mol. The number of benzene rings is 2. The summed E-state index contributed by atoms with van der Waals surface area (Å²) in [4.78, 5) is 16.8. The van der Waals surface area contributed by atoms with Gasteiger partial charge in [-0.25, -0.2) is 4.68 Å². The Bertz CT molecular complexity index is 1210.